The van der Waals surface area contributed by atoms with Gasteiger partial charge in [-0.2, -0.15) is 0 Å². The monoisotopic (exact) mass is 451 g/mol. The number of carbonyl (C=O) groups is 2. The summed E-state index contributed by atoms with van der Waals surface area (Å²) >= 11 is 6.13. The van der Waals surface area contributed by atoms with Crippen molar-refractivity contribution < 1.29 is 14.3 Å². The molecule has 0 saturated carbocycles. The molecule has 1 saturated heterocycles. The SMILES string of the molecule is CCOCCCN1CC(=O)N2[C@H](c3ccc(Cl)cc3)c3[nH]c4ccccc4c3C[C@H]2C1=O. The molecule has 0 aliphatic carbocycles. The van der Waals surface area contributed by atoms with Gasteiger partial charge in [0.2, 0.25) is 11.8 Å². The predicted octanol–water partition coefficient (Wildman–Crippen LogP) is 3.93. The maximum atomic E-state index is 13.5. The molecule has 6 nitrogen and oxygen atoms in total. The standard InChI is InChI=1S/C25H26ClN3O3/c1-2-32-13-5-12-28-15-22(30)29-21(25(28)31)14-19-18-6-3-4-7-20(18)27-23(19)24(29)16-8-10-17(26)11-9-16/h3-4,6-11,21,24,27H,2,5,12-15H2,1H3/t21-,24+/m0/s1. The van der Waals surface area contributed by atoms with Gasteiger partial charge in [0.05, 0.1) is 12.6 Å². The first-order valence-electron chi connectivity index (χ1n) is 11.1. The molecule has 1 aromatic heterocycles. The lowest BCUT2D eigenvalue weighted by Crippen LogP contribution is -2.63. The largest absolute Gasteiger partial charge is 0.382 e. The Morgan fingerprint density at radius 1 is 1.12 bits per heavy atom. The minimum atomic E-state index is -0.518. The van der Waals surface area contributed by atoms with Crippen LogP contribution in [0.5, 0.6) is 0 Å². The van der Waals surface area contributed by atoms with Gasteiger partial charge in [0.25, 0.3) is 0 Å². The van der Waals surface area contributed by atoms with Crippen molar-refractivity contribution in [1.82, 2.24) is 14.8 Å². The molecule has 2 amide bonds. The molecular formula is C25H26ClN3O3. The number of para-hydroxylation sites is 1. The Morgan fingerprint density at radius 3 is 2.69 bits per heavy atom. The predicted molar refractivity (Wildman–Crippen MR) is 124 cm³/mol. The summed E-state index contributed by atoms with van der Waals surface area (Å²) < 4.78 is 5.41. The molecule has 0 unspecified atom stereocenters. The molecule has 32 heavy (non-hydrogen) atoms. The molecule has 7 heteroatoms. The molecule has 1 N–H and O–H groups in total. The van der Waals surface area contributed by atoms with Crippen molar-refractivity contribution in [2.24, 2.45) is 0 Å². The Bertz CT molecular complexity index is 1160. The maximum absolute atomic E-state index is 13.5. The van der Waals surface area contributed by atoms with Crippen LogP contribution in [-0.2, 0) is 20.7 Å². The van der Waals surface area contributed by atoms with Gasteiger partial charge in [-0.3, -0.25) is 9.59 Å². The second kappa shape index (κ2) is 8.60. The van der Waals surface area contributed by atoms with Gasteiger partial charge >= 0.3 is 0 Å². The summed E-state index contributed by atoms with van der Waals surface area (Å²) in [5, 5.41) is 1.74. The highest BCUT2D eigenvalue weighted by Crippen LogP contribution is 2.42. The molecule has 2 aliphatic heterocycles. The Morgan fingerprint density at radius 2 is 1.91 bits per heavy atom. The first-order valence-corrected chi connectivity index (χ1v) is 11.5. The summed E-state index contributed by atoms with van der Waals surface area (Å²) in [4.78, 5) is 34.0. The van der Waals surface area contributed by atoms with Crippen LogP contribution in [0.15, 0.2) is 48.5 Å². The van der Waals surface area contributed by atoms with Crippen LogP contribution in [0.4, 0.5) is 0 Å². The lowest BCUT2D eigenvalue weighted by molar-refractivity contribution is -0.158. The Labute approximate surface area is 192 Å². The average Bonchev–Trinajstić information content (AvgIpc) is 3.17. The fraction of sp³-hybridized carbons (Fsp3) is 0.360. The molecule has 3 aromatic rings. The van der Waals surface area contributed by atoms with Crippen molar-refractivity contribution in [3.8, 4) is 0 Å². The average molecular weight is 452 g/mol. The Hall–Kier alpha value is -2.83. The highest BCUT2D eigenvalue weighted by atomic mass is 35.5. The molecule has 0 radical (unpaired) electrons. The van der Waals surface area contributed by atoms with Crippen LogP contribution < -0.4 is 0 Å². The fourth-order valence-corrected chi connectivity index (χ4v) is 5.13. The quantitative estimate of drug-likeness (QED) is 0.577. The summed E-state index contributed by atoms with van der Waals surface area (Å²) in [6.07, 6.45) is 1.23. The third kappa shape index (κ3) is 3.57. The van der Waals surface area contributed by atoms with Crippen molar-refractivity contribution in [2.75, 3.05) is 26.3 Å². The molecule has 0 bridgehead atoms. The second-order valence-corrected chi connectivity index (χ2v) is 8.78. The number of aromatic nitrogens is 1. The van der Waals surface area contributed by atoms with E-state index in [4.69, 9.17) is 16.3 Å². The topological polar surface area (TPSA) is 65.6 Å². The summed E-state index contributed by atoms with van der Waals surface area (Å²) in [7, 11) is 0. The van der Waals surface area contributed by atoms with Crippen molar-refractivity contribution >= 4 is 34.3 Å². The highest BCUT2D eigenvalue weighted by molar-refractivity contribution is 6.30. The van der Waals surface area contributed by atoms with Crippen LogP contribution in [0, 0.1) is 0 Å². The van der Waals surface area contributed by atoms with Gasteiger partial charge in [0.15, 0.2) is 0 Å². The number of aromatic amines is 1. The van der Waals surface area contributed by atoms with Crippen LogP contribution in [0.1, 0.15) is 36.2 Å². The van der Waals surface area contributed by atoms with Gasteiger partial charge in [-0.15, -0.1) is 0 Å². The molecule has 2 aromatic carbocycles. The fourth-order valence-electron chi connectivity index (χ4n) is 5.01. The number of amides is 2. The maximum Gasteiger partial charge on any atom is 0.246 e. The number of ether oxygens (including phenoxy) is 1. The number of benzene rings is 2. The van der Waals surface area contributed by atoms with Gasteiger partial charge in [0.1, 0.15) is 6.04 Å². The van der Waals surface area contributed by atoms with Crippen molar-refractivity contribution in [3.05, 3.63) is 70.4 Å². The number of hydrogen-bond donors (Lipinski definition) is 1. The smallest absolute Gasteiger partial charge is 0.246 e. The van der Waals surface area contributed by atoms with Crippen molar-refractivity contribution in [3.63, 3.8) is 0 Å². The molecule has 5 rings (SSSR count). The van der Waals surface area contributed by atoms with Crippen LogP contribution in [0.3, 0.4) is 0 Å². The van der Waals surface area contributed by atoms with E-state index in [1.807, 2.05) is 49.4 Å². The lowest BCUT2D eigenvalue weighted by atomic mass is 9.86. The van der Waals surface area contributed by atoms with E-state index in [0.29, 0.717) is 31.2 Å². The van der Waals surface area contributed by atoms with Gasteiger partial charge in [0, 0.05) is 47.8 Å². The Balaban J connectivity index is 1.56. The van der Waals surface area contributed by atoms with Crippen LogP contribution >= 0.6 is 11.6 Å². The summed E-state index contributed by atoms with van der Waals surface area (Å²) in [5.74, 6) is -0.0220. The normalized spacial score (nSPS) is 20.6. The number of halogens is 1. The summed E-state index contributed by atoms with van der Waals surface area (Å²) in [6, 6.07) is 14.8. The van der Waals surface area contributed by atoms with Gasteiger partial charge in [-0.05, 0) is 42.7 Å². The van der Waals surface area contributed by atoms with Gasteiger partial charge < -0.3 is 19.5 Å². The van der Waals surface area contributed by atoms with E-state index >= 15 is 0 Å². The van der Waals surface area contributed by atoms with E-state index < -0.39 is 6.04 Å². The zero-order valence-corrected chi connectivity index (χ0v) is 18.8. The second-order valence-electron chi connectivity index (χ2n) is 8.35. The van der Waals surface area contributed by atoms with Crippen LogP contribution in [-0.4, -0.2) is 58.9 Å². The molecular weight excluding hydrogens is 426 g/mol. The summed E-state index contributed by atoms with van der Waals surface area (Å²) in [6.45, 7) is 3.81. The van der Waals surface area contributed by atoms with E-state index in [9.17, 15) is 9.59 Å². The first-order chi connectivity index (χ1) is 15.6. The highest BCUT2D eigenvalue weighted by Gasteiger charge is 2.48. The number of nitrogens with one attached hydrogen (secondary N) is 1. The van der Waals surface area contributed by atoms with E-state index in [0.717, 1.165) is 34.1 Å². The number of nitrogens with zero attached hydrogens (tertiary/aromatic N) is 2. The third-order valence-electron chi connectivity index (χ3n) is 6.45. The molecule has 1 fully saturated rings. The van der Waals surface area contributed by atoms with E-state index in [2.05, 4.69) is 11.1 Å². The summed E-state index contributed by atoms with van der Waals surface area (Å²) in [5.41, 5.74) is 4.05. The van der Waals surface area contributed by atoms with E-state index in [1.165, 1.54) is 0 Å². The zero-order valence-electron chi connectivity index (χ0n) is 18.0. The minimum Gasteiger partial charge on any atom is -0.382 e. The third-order valence-corrected chi connectivity index (χ3v) is 6.70. The van der Waals surface area contributed by atoms with E-state index in [-0.39, 0.29) is 24.4 Å². The number of carbonyl (C=O) groups excluding carboxylic acids is 2. The molecule has 2 aliphatic rings. The lowest BCUT2D eigenvalue weighted by Gasteiger charge is -2.47. The van der Waals surface area contributed by atoms with Crippen LogP contribution in [0.2, 0.25) is 5.02 Å². The minimum absolute atomic E-state index is 0.0102. The molecule has 166 valence electrons. The molecule has 0 spiro atoms. The van der Waals surface area contributed by atoms with Gasteiger partial charge in [-0.1, -0.05) is 41.9 Å². The first kappa shape index (κ1) is 21.0. The van der Waals surface area contributed by atoms with E-state index in [1.54, 1.807) is 9.80 Å². The zero-order chi connectivity index (χ0) is 22.2. The Kier molecular flexibility index (Phi) is 5.66. The van der Waals surface area contributed by atoms with Gasteiger partial charge in [-0.25, -0.2) is 0 Å². The number of H-pyrrole nitrogens is 1. The number of fused-ring (bicyclic) bond motifs is 4. The van der Waals surface area contributed by atoms with Crippen LogP contribution in [0.25, 0.3) is 10.9 Å². The number of hydrogen-bond acceptors (Lipinski definition) is 3. The molecule has 2 atom stereocenters. The molecule has 3 heterocycles. The van der Waals surface area contributed by atoms with Crippen molar-refractivity contribution in [1.29, 1.82) is 0 Å². The number of rotatable bonds is 6. The van der Waals surface area contributed by atoms with Crippen molar-refractivity contribution in [2.45, 2.75) is 31.8 Å². The number of piperazine rings is 1.